The first kappa shape index (κ1) is 19.4. The summed E-state index contributed by atoms with van der Waals surface area (Å²) in [5.74, 6) is -2.07. The van der Waals surface area contributed by atoms with Crippen molar-refractivity contribution >= 4 is 23.5 Å². The fourth-order valence-electron chi connectivity index (χ4n) is 3.08. The molecule has 0 aromatic heterocycles. The van der Waals surface area contributed by atoms with Crippen LogP contribution in [0.4, 0.5) is 5.69 Å². The normalized spacial score (nSPS) is 16.3. The zero-order valence-electron chi connectivity index (χ0n) is 15.5. The molecule has 7 heteroatoms. The lowest BCUT2D eigenvalue weighted by atomic mass is 9.98. The number of rotatable bonds is 7. The van der Waals surface area contributed by atoms with Crippen LogP contribution in [0.3, 0.4) is 0 Å². The van der Waals surface area contributed by atoms with Crippen molar-refractivity contribution in [2.24, 2.45) is 5.92 Å². The summed E-state index contributed by atoms with van der Waals surface area (Å²) in [5.41, 5.74) is 2.51. The number of hydrogen-bond donors (Lipinski definition) is 3. The third kappa shape index (κ3) is 4.88. The fraction of sp³-hybridized carbons (Fsp3) is 0.286. The molecule has 0 saturated heterocycles. The van der Waals surface area contributed by atoms with Crippen LogP contribution in [0.15, 0.2) is 48.5 Å². The molecular weight excluding hydrogens is 360 g/mol. The van der Waals surface area contributed by atoms with Gasteiger partial charge < -0.3 is 20.5 Å². The van der Waals surface area contributed by atoms with E-state index in [2.05, 4.69) is 10.6 Å². The molecule has 0 aliphatic carbocycles. The largest absolute Gasteiger partial charge is 0.481 e. The number of anilines is 1. The van der Waals surface area contributed by atoms with Gasteiger partial charge in [-0.1, -0.05) is 42.0 Å². The van der Waals surface area contributed by atoms with E-state index in [4.69, 9.17) is 4.74 Å². The van der Waals surface area contributed by atoms with Gasteiger partial charge in [0.1, 0.15) is 5.75 Å². The summed E-state index contributed by atoms with van der Waals surface area (Å²) in [6.07, 6.45) is -0.822. The highest BCUT2D eigenvalue weighted by Crippen LogP contribution is 2.29. The molecule has 1 aliphatic heterocycles. The molecule has 0 fully saturated rings. The number of carbonyl (C=O) groups is 3. The lowest BCUT2D eigenvalue weighted by Crippen LogP contribution is -2.42. The molecule has 3 N–H and O–H groups in total. The van der Waals surface area contributed by atoms with Gasteiger partial charge in [-0.25, -0.2) is 0 Å². The first-order valence-corrected chi connectivity index (χ1v) is 9.04. The van der Waals surface area contributed by atoms with E-state index in [1.54, 1.807) is 24.3 Å². The van der Waals surface area contributed by atoms with Crippen LogP contribution in [0.1, 0.15) is 17.5 Å². The van der Waals surface area contributed by atoms with Crippen LogP contribution < -0.4 is 15.4 Å². The Kier molecular flexibility index (Phi) is 5.93. The molecule has 2 amide bonds. The molecule has 1 heterocycles. The number of carboxylic acids is 1. The maximum atomic E-state index is 12.2. The minimum Gasteiger partial charge on any atom is -0.481 e. The van der Waals surface area contributed by atoms with Crippen LogP contribution in [0.25, 0.3) is 0 Å². The number of para-hydroxylation sites is 2. The van der Waals surface area contributed by atoms with Gasteiger partial charge in [0.15, 0.2) is 6.10 Å². The molecule has 7 nitrogen and oxygen atoms in total. The van der Waals surface area contributed by atoms with Gasteiger partial charge in [-0.15, -0.1) is 0 Å². The number of aliphatic carboxylic acids is 1. The van der Waals surface area contributed by atoms with Gasteiger partial charge in [-0.3, -0.25) is 14.4 Å². The molecule has 1 aliphatic rings. The van der Waals surface area contributed by atoms with Crippen LogP contribution in [-0.4, -0.2) is 35.5 Å². The first-order chi connectivity index (χ1) is 13.4. The summed E-state index contributed by atoms with van der Waals surface area (Å²) in [5, 5.41) is 14.8. The highest BCUT2D eigenvalue weighted by atomic mass is 16.5. The molecular formula is C21H22N2O5. The van der Waals surface area contributed by atoms with Crippen LogP contribution in [-0.2, 0) is 20.8 Å². The van der Waals surface area contributed by atoms with E-state index in [0.29, 0.717) is 17.9 Å². The third-order valence-electron chi connectivity index (χ3n) is 4.54. The van der Waals surface area contributed by atoms with Gasteiger partial charge in [0.25, 0.3) is 5.91 Å². The van der Waals surface area contributed by atoms with Gasteiger partial charge >= 0.3 is 5.97 Å². The van der Waals surface area contributed by atoms with E-state index in [9.17, 15) is 19.5 Å². The van der Waals surface area contributed by atoms with E-state index in [1.807, 2.05) is 31.2 Å². The van der Waals surface area contributed by atoms with Crippen LogP contribution >= 0.6 is 0 Å². The number of aryl methyl sites for hydroxylation is 1. The Morgan fingerprint density at radius 2 is 2.00 bits per heavy atom. The van der Waals surface area contributed by atoms with E-state index < -0.39 is 29.8 Å². The zero-order chi connectivity index (χ0) is 20.1. The minimum atomic E-state index is -0.984. The fourth-order valence-corrected chi connectivity index (χ4v) is 3.08. The standard InChI is InChI=1S/C21H22N2O5/c1-13-5-4-6-14(9-13)10-15(21(26)27)12-22-19(24)11-18-20(25)23-16-7-2-3-8-17(16)28-18/h2-9,15,18H,10-12H2,1H3,(H,22,24)(H,23,25)(H,26,27). The lowest BCUT2D eigenvalue weighted by Gasteiger charge is -2.25. The Morgan fingerprint density at radius 3 is 2.75 bits per heavy atom. The SMILES string of the molecule is Cc1cccc(CC(CNC(=O)CC2Oc3ccccc3NC2=O)C(=O)O)c1. The van der Waals surface area contributed by atoms with E-state index in [-0.39, 0.29) is 13.0 Å². The third-order valence-corrected chi connectivity index (χ3v) is 4.54. The molecule has 0 bridgehead atoms. The number of ether oxygens (including phenoxy) is 1. The molecule has 0 spiro atoms. The average molecular weight is 382 g/mol. The van der Waals surface area contributed by atoms with E-state index in [0.717, 1.165) is 11.1 Å². The van der Waals surface area contributed by atoms with E-state index >= 15 is 0 Å². The van der Waals surface area contributed by atoms with Crippen molar-refractivity contribution in [2.75, 3.05) is 11.9 Å². The number of carbonyl (C=O) groups excluding carboxylic acids is 2. The van der Waals surface area contributed by atoms with Gasteiger partial charge in [0, 0.05) is 6.54 Å². The highest BCUT2D eigenvalue weighted by molar-refractivity contribution is 5.99. The van der Waals surface area contributed by atoms with Gasteiger partial charge in [-0.05, 0) is 31.0 Å². The van der Waals surface area contributed by atoms with Gasteiger partial charge in [-0.2, -0.15) is 0 Å². The quantitative estimate of drug-likeness (QED) is 0.681. The second kappa shape index (κ2) is 8.56. The molecule has 2 aromatic rings. The summed E-state index contributed by atoms with van der Waals surface area (Å²) in [7, 11) is 0. The molecule has 2 atom stereocenters. The number of carboxylic acid groups (broad SMARTS) is 1. The Hall–Kier alpha value is -3.35. The molecule has 146 valence electrons. The summed E-state index contributed by atoms with van der Waals surface area (Å²) < 4.78 is 5.59. The molecule has 28 heavy (non-hydrogen) atoms. The number of hydrogen-bond acceptors (Lipinski definition) is 4. The van der Waals surface area contributed by atoms with Crippen molar-refractivity contribution in [3.63, 3.8) is 0 Å². The van der Waals surface area contributed by atoms with Crippen molar-refractivity contribution in [1.29, 1.82) is 0 Å². The summed E-state index contributed by atoms with van der Waals surface area (Å²) in [6, 6.07) is 14.6. The zero-order valence-corrected chi connectivity index (χ0v) is 15.5. The Morgan fingerprint density at radius 1 is 1.21 bits per heavy atom. The van der Waals surface area contributed by atoms with Gasteiger partial charge in [0.2, 0.25) is 5.91 Å². The smallest absolute Gasteiger partial charge is 0.308 e. The van der Waals surface area contributed by atoms with Crippen molar-refractivity contribution in [3.8, 4) is 5.75 Å². The lowest BCUT2D eigenvalue weighted by molar-refractivity contribution is -0.141. The topological polar surface area (TPSA) is 105 Å². The highest BCUT2D eigenvalue weighted by Gasteiger charge is 2.30. The Balaban J connectivity index is 1.55. The number of fused-ring (bicyclic) bond motifs is 1. The van der Waals surface area contributed by atoms with Crippen molar-refractivity contribution in [1.82, 2.24) is 5.32 Å². The summed E-state index contributed by atoms with van der Waals surface area (Å²) in [4.78, 5) is 35.9. The summed E-state index contributed by atoms with van der Waals surface area (Å²) in [6.45, 7) is 1.92. The minimum absolute atomic E-state index is 0.0208. The predicted octanol–water partition coefficient (Wildman–Crippen LogP) is 2.14. The first-order valence-electron chi connectivity index (χ1n) is 9.04. The second-order valence-corrected chi connectivity index (χ2v) is 6.83. The maximum Gasteiger partial charge on any atom is 0.308 e. The Labute approximate surface area is 162 Å². The van der Waals surface area contributed by atoms with Crippen molar-refractivity contribution in [3.05, 3.63) is 59.7 Å². The number of benzene rings is 2. The van der Waals surface area contributed by atoms with Crippen LogP contribution in [0, 0.1) is 12.8 Å². The molecule has 2 unspecified atom stereocenters. The van der Waals surface area contributed by atoms with Crippen molar-refractivity contribution in [2.45, 2.75) is 25.9 Å². The van der Waals surface area contributed by atoms with Crippen LogP contribution in [0.5, 0.6) is 5.75 Å². The van der Waals surface area contributed by atoms with E-state index in [1.165, 1.54) is 0 Å². The summed E-state index contributed by atoms with van der Waals surface area (Å²) >= 11 is 0. The average Bonchev–Trinajstić information content (AvgIpc) is 2.65. The molecule has 3 rings (SSSR count). The van der Waals surface area contributed by atoms with Gasteiger partial charge in [0.05, 0.1) is 18.0 Å². The number of nitrogens with one attached hydrogen (secondary N) is 2. The van der Waals surface area contributed by atoms with Crippen LogP contribution in [0.2, 0.25) is 0 Å². The molecule has 2 aromatic carbocycles. The molecule has 0 saturated carbocycles. The Bertz CT molecular complexity index is 896. The maximum absolute atomic E-state index is 12.2. The number of amides is 2. The van der Waals surface area contributed by atoms with Crippen molar-refractivity contribution < 1.29 is 24.2 Å². The second-order valence-electron chi connectivity index (χ2n) is 6.83. The molecule has 0 radical (unpaired) electrons. The predicted molar refractivity (Wildman–Crippen MR) is 103 cm³/mol. The monoisotopic (exact) mass is 382 g/mol.